The fourth-order valence-corrected chi connectivity index (χ4v) is 2.05. The number of hydrazine groups is 1. The van der Waals surface area contributed by atoms with Gasteiger partial charge in [0.1, 0.15) is 5.75 Å². The van der Waals surface area contributed by atoms with Gasteiger partial charge in [-0.15, -0.1) is 0 Å². The Balaban J connectivity index is 2.61. The number of ether oxygens (including phenoxy) is 1. The van der Waals surface area contributed by atoms with E-state index in [1.165, 1.54) is 5.56 Å². The van der Waals surface area contributed by atoms with E-state index in [9.17, 15) is 0 Å². The van der Waals surface area contributed by atoms with Crippen LogP contribution in [0.15, 0.2) is 24.3 Å². The summed E-state index contributed by atoms with van der Waals surface area (Å²) < 4.78 is 5.53. The second kappa shape index (κ2) is 7.54. The van der Waals surface area contributed by atoms with Crippen LogP contribution in [0.1, 0.15) is 24.9 Å². The highest BCUT2D eigenvalue weighted by atomic mass is 32.2. The summed E-state index contributed by atoms with van der Waals surface area (Å²) in [6.45, 7) is 2.87. The molecular formula is C12H20N2OS. The van der Waals surface area contributed by atoms with Gasteiger partial charge in [0.15, 0.2) is 0 Å². The standard InChI is InChI=1S/C12H20N2OS/c1-3-8-15-11-6-4-10(5-7-11)12(14-13)9-16-2/h4-7,12,14H,3,8-9,13H2,1-2H3. The molecule has 16 heavy (non-hydrogen) atoms. The fourth-order valence-electron chi connectivity index (χ4n) is 1.42. The van der Waals surface area contributed by atoms with E-state index < -0.39 is 0 Å². The van der Waals surface area contributed by atoms with Gasteiger partial charge < -0.3 is 4.74 Å². The summed E-state index contributed by atoms with van der Waals surface area (Å²) in [5, 5.41) is 0. The van der Waals surface area contributed by atoms with Crippen LogP contribution in [0.25, 0.3) is 0 Å². The first-order valence-electron chi connectivity index (χ1n) is 5.49. The van der Waals surface area contributed by atoms with Gasteiger partial charge in [-0.3, -0.25) is 11.3 Å². The molecule has 3 nitrogen and oxygen atoms in total. The molecule has 0 fully saturated rings. The summed E-state index contributed by atoms with van der Waals surface area (Å²) in [6, 6.07) is 8.32. The molecule has 1 rings (SSSR count). The van der Waals surface area contributed by atoms with Gasteiger partial charge in [-0.05, 0) is 30.4 Å². The molecule has 1 atom stereocenters. The van der Waals surface area contributed by atoms with Gasteiger partial charge in [-0.1, -0.05) is 19.1 Å². The maximum absolute atomic E-state index is 5.53. The Kier molecular flexibility index (Phi) is 6.30. The second-order valence-electron chi connectivity index (χ2n) is 3.59. The minimum Gasteiger partial charge on any atom is -0.494 e. The zero-order chi connectivity index (χ0) is 11.8. The molecule has 1 aromatic carbocycles. The lowest BCUT2D eigenvalue weighted by atomic mass is 10.1. The number of thioether (sulfide) groups is 1. The van der Waals surface area contributed by atoms with Crippen LogP contribution in [0.3, 0.4) is 0 Å². The van der Waals surface area contributed by atoms with Crippen molar-refractivity contribution in [1.29, 1.82) is 0 Å². The van der Waals surface area contributed by atoms with Crippen LogP contribution >= 0.6 is 11.8 Å². The number of hydrogen-bond donors (Lipinski definition) is 2. The average Bonchev–Trinajstić information content (AvgIpc) is 2.34. The first kappa shape index (κ1) is 13.4. The topological polar surface area (TPSA) is 47.3 Å². The van der Waals surface area contributed by atoms with E-state index in [0.717, 1.165) is 24.5 Å². The number of nitrogens with two attached hydrogens (primary N) is 1. The second-order valence-corrected chi connectivity index (χ2v) is 4.50. The molecule has 0 amide bonds. The summed E-state index contributed by atoms with van der Waals surface area (Å²) in [6.07, 6.45) is 3.10. The Bertz CT molecular complexity index is 290. The van der Waals surface area contributed by atoms with Crippen LogP contribution in [-0.2, 0) is 0 Å². The Morgan fingerprint density at radius 1 is 1.38 bits per heavy atom. The molecule has 4 heteroatoms. The average molecular weight is 240 g/mol. The molecule has 0 heterocycles. The highest BCUT2D eigenvalue weighted by molar-refractivity contribution is 7.98. The maximum atomic E-state index is 5.53. The van der Waals surface area contributed by atoms with E-state index in [4.69, 9.17) is 10.6 Å². The van der Waals surface area contributed by atoms with Crippen LogP contribution < -0.4 is 16.0 Å². The van der Waals surface area contributed by atoms with Gasteiger partial charge in [0, 0.05) is 5.75 Å². The summed E-state index contributed by atoms with van der Waals surface area (Å²) in [7, 11) is 0. The predicted molar refractivity (Wildman–Crippen MR) is 70.7 cm³/mol. The van der Waals surface area contributed by atoms with Gasteiger partial charge >= 0.3 is 0 Å². The van der Waals surface area contributed by atoms with Gasteiger partial charge in [0.05, 0.1) is 12.6 Å². The third kappa shape index (κ3) is 4.04. The van der Waals surface area contributed by atoms with Crippen molar-refractivity contribution in [3.63, 3.8) is 0 Å². The number of hydrogen-bond acceptors (Lipinski definition) is 4. The molecule has 0 aliphatic heterocycles. The highest BCUT2D eigenvalue weighted by Gasteiger charge is 2.08. The lowest BCUT2D eigenvalue weighted by Crippen LogP contribution is -2.29. The van der Waals surface area contributed by atoms with Crippen molar-refractivity contribution in [2.75, 3.05) is 18.6 Å². The first-order chi connectivity index (χ1) is 7.81. The molecule has 90 valence electrons. The lowest BCUT2D eigenvalue weighted by molar-refractivity contribution is 0.317. The van der Waals surface area contributed by atoms with Crippen LogP contribution in [0.2, 0.25) is 0 Å². The number of rotatable bonds is 7. The SMILES string of the molecule is CCCOc1ccc(C(CSC)NN)cc1. The van der Waals surface area contributed by atoms with E-state index >= 15 is 0 Å². The molecule has 3 N–H and O–H groups in total. The van der Waals surface area contributed by atoms with Crippen molar-refractivity contribution in [3.8, 4) is 5.75 Å². The lowest BCUT2D eigenvalue weighted by Gasteiger charge is -2.15. The van der Waals surface area contributed by atoms with E-state index in [0.29, 0.717) is 0 Å². The molecule has 0 spiro atoms. The van der Waals surface area contributed by atoms with E-state index in [1.54, 1.807) is 11.8 Å². The van der Waals surface area contributed by atoms with Crippen LogP contribution in [0.5, 0.6) is 5.75 Å². The Morgan fingerprint density at radius 2 is 2.06 bits per heavy atom. The third-order valence-corrected chi connectivity index (χ3v) is 2.96. The highest BCUT2D eigenvalue weighted by Crippen LogP contribution is 2.19. The van der Waals surface area contributed by atoms with E-state index in [2.05, 4.69) is 30.7 Å². The van der Waals surface area contributed by atoms with Crippen LogP contribution in [-0.4, -0.2) is 18.6 Å². The Labute approximate surface area is 102 Å². The quantitative estimate of drug-likeness (QED) is 0.567. The van der Waals surface area contributed by atoms with Crippen LogP contribution in [0, 0.1) is 0 Å². The molecular weight excluding hydrogens is 220 g/mol. The number of benzene rings is 1. The van der Waals surface area contributed by atoms with Crippen LogP contribution in [0.4, 0.5) is 0 Å². The van der Waals surface area contributed by atoms with E-state index in [-0.39, 0.29) is 6.04 Å². The molecule has 1 aromatic rings. The van der Waals surface area contributed by atoms with Gasteiger partial charge in [-0.2, -0.15) is 11.8 Å². The minimum absolute atomic E-state index is 0.204. The molecule has 1 unspecified atom stereocenters. The maximum Gasteiger partial charge on any atom is 0.119 e. The van der Waals surface area contributed by atoms with Crippen molar-refractivity contribution >= 4 is 11.8 Å². The summed E-state index contributed by atoms with van der Waals surface area (Å²) >= 11 is 1.77. The van der Waals surface area contributed by atoms with Crippen molar-refractivity contribution < 1.29 is 4.74 Å². The largest absolute Gasteiger partial charge is 0.494 e. The monoisotopic (exact) mass is 240 g/mol. The molecule has 0 saturated carbocycles. The Morgan fingerprint density at radius 3 is 2.56 bits per heavy atom. The smallest absolute Gasteiger partial charge is 0.119 e. The molecule has 0 radical (unpaired) electrons. The minimum atomic E-state index is 0.204. The molecule has 0 bridgehead atoms. The summed E-state index contributed by atoms with van der Waals surface area (Å²) in [4.78, 5) is 0. The zero-order valence-electron chi connectivity index (χ0n) is 9.90. The van der Waals surface area contributed by atoms with Crippen molar-refractivity contribution in [3.05, 3.63) is 29.8 Å². The Hall–Kier alpha value is -0.710. The van der Waals surface area contributed by atoms with Crippen molar-refractivity contribution in [2.45, 2.75) is 19.4 Å². The first-order valence-corrected chi connectivity index (χ1v) is 6.89. The zero-order valence-corrected chi connectivity index (χ0v) is 10.7. The normalized spacial score (nSPS) is 12.4. The van der Waals surface area contributed by atoms with Gasteiger partial charge in [0.25, 0.3) is 0 Å². The molecule has 0 aromatic heterocycles. The molecule has 0 saturated heterocycles. The molecule has 0 aliphatic rings. The van der Waals surface area contributed by atoms with Crippen molar-refractivity contribution in [1.82, 2.24) is 5.43 Å². The van der Waals surface area contributed by atoms with E-state index in [1.807, 2.05) is 12.1 Å². The predicted octanol–water partition coefficient (Wildman–Crippen LogP) is 2.34. The summed E-state index contributed by atoms with van der Waals surface area (Å²) in [5.74, 6) is 7.40. The van der Waals surface area contributed by atoms with Gasteiger partial charge in [-0.25, -0.2) is 0 Å². The van der Waals surface area contributed by atoms with Gasteiger partial charge in [0.2, 0.25) is 0 Å². The summed E-state index contributed by atoms with van der Waals surface area (Å²) in [5.41, 5.74) is 4.02. The number of nitrogens with one attached hydrogen (secondary N) is 1. The van der Waals surface area contributed by atoms with Crippen molar-refractivity contribution in [2.24, 2.45) is 5.84 Å². The molecule has 0 aliphatic carbocycles. The fraction of sp³-hybridized carbons (Fsp3) is 0.500. The third-order valence-electron chi connectivity index (χ3n) is 2.29.